The number of amides is 2. The lowest BCUT2D eigenvalue weighted by atomic mass is 9.97. The highest BCUT2D eigenvalue weighted by Crippen LogP contribution is 2.42. The van der Waals surface area contributed by atoms with Crippen LogP contribution in [0.3, 0.4) is 0 Å². The van der Waals surface area contributed by atoms with Crippen LogP contribution >= 0.6 is 7.37 Å². The van der Waals surface area contributed by atoms with Gasteiger partial charge in [-0.15, -0.1) is 0 Å². The highest BCUT2D eigenvalue weighted by Gasteiger charge is 2.32. The van der Waals surface area contributed by atoms with E-state index in [1.54, 1.807) is 30.3 Å². The first-order chi connectivity index (χ1) is 15.6. The molecule has 0 saturated heterocycles. The second-order valence-electron chi connectivity index (χ2n) is 8.35. The molecule has 0 bridgehead atoms. The predicted octanol–water partition coefficient (Wildman–Crippen LogP) is 2.51. The number of nitrogens with zero attached hydrogens (tertiary/aromatic N) is 1. The minimum atomic E-state index is -3.93. The standard InChI is InChI=1S/C23H30N3O6P/c1-16(2)11-19(14-33(31,32)15-25-21(27)18-9-6-10-24-13-18)22(28)26-20(23(29)30)12-17-7-4-3-5-8-17/h3-10,13,16,19-20H,11-12,14-15H2,1-2H3,(H,25,27)(H,26,28)(H,29,30)(H,31,32)/t19?,20-/m0/s1. The van der Waals surface area contributed by atoms with Gasteiger partial charge in [0, 0.05) is 30.9 Å². The quantitative estimate of drug-likeness (QED) is 0.345. The third kappa shape index (κ3) is 9.16. The van der Waals surface area contributed by atoms with E-state index in [9.17, 15) is 28.9 Å². The Bertz CT molecular complexity index is 984. The van der Waals surface area contributed by atoms with Gasteiger partial charge >= 0.3 is 5.97 Å². The average Bonchev–Trinajstić information content (AvgIpc) is 2.77. The van der Waals surface area contributed by atoms with E-state index in [0.717, 1.165) is 5.56 Å². The van der Waals surface area contributed by atoms with Gasteiger partial charge < -0.3 is 20.6 Å². The molecule has 3 atom stereocenters. The van der Waals surface area contributed by atoms with E-state index in [4.69, 9.17) is 0 Å². The molecule has 0 aliphatic rings. The molecule has 0 spiro atoms. The molecule has 0 radical (unpaired) electrons. The fraction of sp³-hybridized carbons (Fsp3) is 0.391. The molecule has 2 amide bonds. The summed E-state index contributed by atoms with van der Waals surface area (Å²) in [4.78, 5) is 51.1. The third-order valence-electron chi connectivity index (χ3n) is 4.94. The van der Waals surface area contributed by atoms with Crippen molar-refractivity contribution < 1.29 is 28.9 Å². The minimum Gasteiger partial charge on any atom is -0.480 e. The Balaban J connectivity index is 2.05. The Morgan fingerprint density at radius 3 is 2.36 bits per heavy atom. The molecule has 2 rings (SSSR count). The van der Waals surface area contributed by atoms with Crippen LogP contribution in [-0.4, -0.2) is 51.3 Å². The topological polar surface area (TPSA) is 146 Å². The molecule has 1 heterocycles. The van der Waals surface area contributed by atoms with E-state index in [1.165, 1.54) is 18.5 Å². The van der Waals surface area contributed by atoms with E-state index in [0.29, 0.717) is 6.42 Å². The summed E-state index contributed by atoms with van der Waals surface area (Å²) in [5.74, 6) is -3.18. The Morgan fingerprint density at radius 1 is 1.09 bits per heavy atom. The zero-order valence-corrected chi connectivity index (χ0v) is 19.6. The van der Waals surface area contributed by atoms with Crippen molar-refractivity contribution in [2.45, 2.75) is 32.7 Å². The second kappa shape index (κ2) is 12.3. The number of aromatic nitrogens is 1. The fourth-order valence-corrected chi connectivity index (χ4v) is 4.90. The SMILES string of the molecule is CC(C)CC(CP(=O)(O)CNC(=O)c1cccnc1)C(=O)N[C@@H](Cc1ccccc1)C(=O)O. The Labute approximate surface area is 193 Å². The number of hydrogen-bond donors (Lipinski definition) is 4. The first-order valence-corrected chi connectivity index (χ1v) is 12.7. The van der Waals surface area contributed by atoms with E-state index in [1.807, 2.05) is 19.9 Å². The molecule has 178 valence electrons. The van der Waals surface area contributed by atoms with Crippen LogP contribution in [0.15, 0.2) is 54.9 Å². The van der Waals surface area contributed by atoms with Crippen molar-refractivity contribution in [1.29, 1.82) is 0 Å². The van der Waals surface area contributed by atoms with Crippen LogP contribution in [0.25, 0.3) is 0 Å². The lowest BCUT2D eigenvalue weighted by Crippen LogP contribution is -2.46. The lowest BCUT2D eigenvalue weighted by Gasteiger charge is -2.24. The summed E-state index contributed by atoms with van der Waals surface area (Å²) in [6, 6.07) is 10.8. The summed E-state index contributed by atoms with van der Waals surface area (Å²) < 4.78 is 12.8. The van der Waals surface area contributed by atoms with E-state index >= 15 is 0 Å². The predicted molar refractivity (Wildman–Crippen MR) is 124 cm³/mol. The maximum Gasteiger partial charge on any atom is 0.326 e. The monoisotopic (exact) mass is 475 g/mol. The van der Waals surface area contributed by atoms with Gasteiger partial charge in [0.2, 0.25) is 13.3 Å². The first kappa shape index (κ1) is 26.2. The molecule has 9 nitrogen and oxygen atoms in total. The normalized spacial score (nSPS) is 14.7. The number of nitrogens with one attached hydrogen (secondary N) is 2. The van der Waals surface area contributed by atoms with Gasteiger partial charge in [0.1, 0.15) is 6.04 Å². The van der Waals surface area contributed by atoms with Gasteiger partial charge in [0.25, 0.3) is 5.91 Å². The van der Waals surface area contributed by atoms with Gasteiger partial charge in [0.15, 0.2) is 0 Å². The number of carboxylic acid groups (broad SMARTS) is 1. The molecule has 0 aliphatic carbocycles. The number of hydrogen-bond acceptors (Lipinski definition) is 5. The Kier molecular flexibility index (Phi) is 9.75. The number of carbonyl (C=O) groups is 3. The fourth-order valence-electron chi connectivity index (χ4n) is 3.38. The molecule has 0 aliphatic heterocycles. The molecular formula is C23H30N3O6P. The summed E-state index contributed by atoms with van der Waals surface area (Å²) >= 11 is 0. The van der Waals surface area contributed by atoms with Gasteiger partial charge in [-0.1, -0.05) is 44.2 Å². The van der Waals surface area contributed by atoms with Crippen LogP contribution in [0.2, 0.25) is 0 Å². The van der Waals surface area contributed by atoms with Crippen LogP contribution in [0.5, 0.6) is 0 Å². The molecular weight excluding hydrogens is 445 g/mol. The highest BCUT2D eigenvalue weighted by molar-refractivity contribution is 7.58. The van der Waals surface area contributed by atoms with Crippen molar-refractivity contribution in [3.05, 3.63) is 66.0 Å². The molecule has 4 N–H and O–H groups in total. The number of aliphatic carboxylic acids is 1. The zero-order chi connectivity index (χ0) is 24.4. The number of rotatable bonds is 12. The van der Waals surface area contributed by atoms with E-state index in [2.05, 4.69) is 15.6 Å². The van der Waals surface area contributed by atoms with Gasteiger partial charge in [-0.3, -0.25) is 19.1 Å². The number of carbonyl (C=O) groups excluding carboxylic acids is 2. The van der Waals surface area contributed by atoms with E-state index < -0.39 is 43.4 Å². The minimum absolute atomic E-state index is 0.0307. The largest absolute Gasteiger partial charge is 0.480 e. The maximum absolute atomic E-state index is 12.9. The molecule has 1 aromatic carbocycles. The molecule has 1 aromatic heterocycles. The summed E-state index contributed by atoms with van der Waals surface area (Å²) in [5.41, 5.74) is 0.996. The van der Waals surface area contributed by atoms with Crippen LogP contribution in [0.1, 0.15) is 36.2 Å². The summed E-state index contributed by atoms with van der Waals surface area (Å²) in [7, 11) is -3.93. The Hall–Kier alpha value is -3.03. The average molecular weight is 475 g/mol. The zero-order valence-electron chi connectivity index (χ0n) is 18.7. The summed E-state index contributed by atoms with van der Waals surface area (Å²) in [6.07, 6.45) is 2.35. The van der Waals surface area contributed by atoms with Crippen molar-refractivity contribution in [3.63, 3.8) is 0 Å². The van der Waals surface area contributed by atoms with E-state index in [-0.39, 0.29) is 24.1 Å². The summed E-state index contributed by atoms with van der Waals surface area (Å²) in [6.45, 7) is 3.73. The molecule has 0 fully saturated rings. The van der Waals surface area contributed by atoms with Gasteiger partial charge in [-0.2, -0.15) is 0 Å². The molecule has 33 heavy (non-hydrogen) atoms. The van der Waals surface area contributed by atoms with Crippen LogP contribution in [0, 0.1) is 11.8 Å². The van der Waals surface area contributed by atoms with Crippen molar-refractivity contribution in [3.8, 4) is 0 Å². The smallest absolute Gasteiger partial charge is 0.326 e. The highest BCUT2D eigenvalue weighted by atomic mass is 31.2. The number of benzene rings is 1. The van der Waals surface area contributed by atoms with Gasteiger partial charge in [-0.25, -0.2) is 4.79 Å². The lowest BCUT2D eigenvalue weighted by molar-refractivity contribution is -0.142. The van der Waals surface area contributed by atoms with Crippen LogP contribution < -0.4 is 10.6 Å². The van der Waals surface area contributed by atoms with Gasteiger partial charge in [0.05, 0.1) is 11.8 Å². The molecule has 2 aromatic rings. The Morgan fingerprint density at radius 2 is 1.79 bits per heavy atom. The van der Waals surface area contributed by atoms with Crippen molar-refractivity contribution in [2.24, 2.45) is 11.8 Å². The molecule has 10 heteroatoms. The molecule has 0 saturated carbocycles. The summed E-state index contributed by atoms with van der Waals surface area (Å²) in [5, 5.41) is 14.5. The van der Waals surface area contributed by atoms with Crippen molar-refractivity contribution in [1.82, 2.24) is 15.6 Å². The number of carboxylic acids is 1. The van der Waals surface area contributed by atoms with Crippen LogP contribution in [0.4, 0.5) is 0 Å². The van der Waals surface area contributed by atoms with Crippen molar-refractivity contribution in [2.75, 3.05) is 12.4 Å². The second-order valence-corrected chi connectivity index (χ2v) is 10.7. The maximum atomic E-state index is 12.9. The number of pyridine rings is 1. The third-order valence-corrected chi connectivity index (χ3v) is 6.60. The van der Waals surface area contributed by atoms with Crippen LogP contribution in [-0.2, 0) is 20.6 Å². The first-order valence-electron chi connectivity index (χ1n) is 10.6. The van der Waals surface area contributed by atoms with Gasteiger partial charge in [-0.05, 0) is 30.0 Å². The van der Waals surface area contributed by atoms with Crippen molar-refractivity contribution >= 4 is 25.2 Å². The molecule has 2 unspecified atom stereocenters.